The third-order valence-corrected chi connectivity index (χ3v) is 3.93. The number of aromatic nitrogens is 3. The Bertz CT molecular complexity index is 646. The number of amides is 1. The first-order chi connectivity index (χ1) is 10.8. The zero-order chi connectivity index (χ0) is 15.4. The van der Waals surface area contributed by atoms with Crippen molar-refractivity contribution in [2.45, 2.75) is 25.3 Å². The largest absolute Gasteiger partial charge is 0.372 e. The Morgan fingerprint density at radius 1 is 1.32 bits per heavy atom. The Morgan fingerprint density at radius 2 is 2.14 bits per heavy atom. The molecule has 1 atom stereocenters. The van der Waals surface area contributed by atoms with Crippen molar-refractivity contribution in [2.75, 3.05) is 18.9 Å². The van der Waals surface area contributed by atoms with Gasteiger partial charge < -0.3 is 10.2 Å². The van der Waals surface area contributed by atoms with E-state index in [-0.39, 0.29) is 11.9 Å². The maximum absolute atomic E-state index is 12.6. The van der Waals surface area contributed by atoms with Gasteiger partial charge in [0.25, 0.3) is 0 Å². The highest BCUT2D eigenvalue weighted by Gasteiger charge is 2.31. The van der Waals surface area contributed by atoms with Crippen LogP contribution in [0.1, 0.15) is 30.1 Å². The van der Waals surface area contributed by atoms with E-state index < -0.39 is 0 Å². The third-order valence-electron chi connectivity index (χ3n) is 3.93. The van der Waals surface area contributed by atoms with Crippen LogP contribution in [0.4, 0.5) is 5.82 Å². The normalized spacial score (nSPS) is 17.5. The van der Waals surface area contributed by atoms with Gasteiger partial charge in [-0.25, -0.2) is 4.98 Å². The van der Waals surface area contributed by atoms with Crippen molar-refractivity contribution >= 4 is 11.7 Å². The van der Waals surface area contributed by atoms with Gasteiger partial charge in [0.05, 0.1) is 30.6 Å². The topological polar surface area (TPSA) is 71.0 Å². The maximum Gasteiger partial charge on any atom is 0.227 e. The number of hydrogen-bond donors (Lipinski definition) is 1. The average molecular weight is 297 g/mol. The van der Waals surface area contributed by atoms with E-state index in [0.29, 0.717) is 6.42 Å². The molecular weight excluding hydrogens is 278 g/mol. The van der Waals surface area contributed by atoms with E-state index in [2.05, 4.69) is 20.3 Å². The fourth-order valence-electron chi connectivity index (χ4n) is 2.81. The van der Waals surface area contributed by atoms with Crippen LogP contribution in [-0.4, -0.2) is 39.4 Å². The second kappa shape index (κ2) is 6.51. The summed E-state index contributed by atoms with van der Waals surface area (Å²) in [5.41, 5.74) is 1.84. The summed E-state index contributed by atoms with van der Waals surface area (Å²) in [6.45, 7) is 0.778. The van der Waals surface area contributed by atoms with Gasteiger partial charge in [0, 0.05) is 26.0 Å². The smallest absolute Gasteiger partial charge is 0.227 e. The van der Waals surface area contributed by atoms with Crippen molar-refractivity contribution in [1.29, 1.82) is 0 Å². The Labute approximate surface area is 129 Å². The van der Waals surface area contributed by atoms with Crippen molar-refractivity contribution in [2.24, 2.45) is 0 Å². The lowest BCUT2D eigenvalue weighted by Gasteiger charge is -2.24. The standard InChI is InChI=1S/C16H19N5O/c1-17-15-11-19-10-13(20-15)14-3-2-8-21(14)16(22)9-12-4-6-18-7-5-12/h4-7,10-11,14H,2-3,8-9H2,1H3,(H,17,20). The molecule has 3 rings (SSSR count). The van der Waals surface area contributed by atoms with E-state index in [1.807, 2.05) is 24.1 Å². The van der Waals surface area contributed by atoms with Crippen molar-refractivity contribution in [3.05, 3.63) is 48.2 Å². The fraction of sp³-hybridized carbons (Fsp3) is 0.375. The lowest BCUT2D eigenvalue weighted by atomic mass is 10.1. The van der Waals surface area contributed by atoms with Gasteiger partial charge in [0.2, 0.25) is 5.91 Å². The number of nitrogens with zero attached hydrogens (tertiary/aromatic N) is 4. The quantitative estimate of drug-likeness (QED) is 0.932. The van der Waals surface area contributed by atoms with Crippen molar-refractivity contribution in [1.82, 2.24) is 19.9 Å². The Kier molecular flexibility index (Phi) is 4.27. The Hall–Kier alpha value is -2.50. The van der Waals surface area contributed by atoms with Crippen molar-refractivity contribution < 1.29 is 4.79 Å². The molecule has 1 fully saturated rings. The van der Waals surface area contributed by atoms with Gasteiger partial charge in [0.15, 0.2) is 0 Å². The molecule has 0 saturated carbocycles. The number of likely N-dealkylation sites (tertiary alicyclic amines) is 1. The van der Waals surface area contributed by atoms with Crippen LogP contribution in [0.5, 0.6) is 0 Å². The number of nitrogens with one attached hydrogen (secondary N) is 1. The molecule has 1 aliphatic rings. The Morgan fingerprint density at radius 3 is 2.91 bits per heavy atom. The number of pyridine rings is 1. The van der Waals surface area contributed by atoms with Crippen LogP contribution in [0.25, 0.3) is 0 Å². The monoisotopic (exact) mass is 297 g/mol. The number of hydrogen-bond acceptors (Lipinski definition) is 5. The minimum atomic E-state index is 0.0233. The van der Waals surface area contributed by atoms with Crippen LogP contribution in [0, 0.1) is 0 Å². The van der Waals surface area contributed by atoms with E-state index in [9.17, 15) is 4.79 Å². The molecule has 2 aromatic rings. The number of anilines is 1. The molecule has 1 saturated heterocycles. The summed E-state index contributed by atoms with van der Waals surface area (Å²) in [6, 6.07) is 3.78. The van der Waals surface area contributed by atoms with E-state index in [4.69, 9.17) is 0 Å². The number of rotatable bonds is 4. The molecule has 1 aliphatic heterocycles. The van der Waals surface area contributed by atoms with E-state index in [0.717, 1.165) is 36.5 Å². The summed E-state index contributed by atoms with van der Waals surface area (Å²) in [6.07, 6.45) is 9.20. The molecule has 22 heavy (non-hydrogen) atoms. The molecule has 2 aromatic heterocycles. The lowest BCUT2D eigenvalue weighted by Crippen LogP contribution is -2.32. The maximum atomic E-state index is 12.6. The highest BCUT2D eigenvalue weighted by molar-refractivity contribution is 5.79. The summed E-state index contributed by atoms with van der Waals surface area (Å²) in [4.78, 5) is 27.2. The second-order valence-electron chi connectivity index (χ2n) is 5.36. The van der Waals surface area contributed by atoms with Crippen LogP contribution >= 0.6 is 0 Å². The molecule has 0 bridgehead atoms. The Balaban J connectivity index is 1.76. The summed E-state index contributed by atoms with van der Waals surface area (Å²) < 4.78 is 0. The first kappa shape index (κ1) is 14.4. The molecule has 1 N–H and O–H groups in total. The molecule has 6 heteroatoms. The number of carbonyl (C=O) groups is 1. The highest BCUT2D eigenvalue weighted by Crippen LogP contribution is 2.31. The molecule has 0 spiro atoms. The van der Waals surface area contributed by atoms with Crippen LogP contribution in [0.15, 0.2) is 36.9 Å². The molecule has 0 radical (unpaired) electrons. The summed E-state index contributed by atoms with van der Waals surface area (Å²) >= 11 is 0. The van der Waals surface area contributed by atoms with E-state index >= 15 is 0 Å². The van der Waals surface area contributed by atoms with Gasteiger partial charge in [-0.05, 0) is 30.5 Å². The minimum absolute atomic E-state index is 0.0233. The molecule has 6 nitrogen and oxygen atoms in total. The first-order valence-corrected chi connectivity index (χ1v) is 7.46. The highest BCUT2D eigenvalue weighted by atomic mass is 16.2. The van der Waals surface area contributed by atoms with Crippen LogP contribution in [0.3, 0.4) is 0 Å². The average Bonchev–Trinajstić information content (AvgIpc) is 3.05. The molecule has 3 heterocycles. The molecule has 1 unspecified atom stereocenters. The first-order valence-electron chi connectivity index (χ1n) is 7.46. The molecular formula is C16H19N5O. The van der Waals surface area contributed by atoms with Gasteiger partial charge in [0.1, 0.15) is 5.82 Å². The third kappa shape index (κ3) is 3.05. The van der Waals surface area contributed by atoms with E-state index in [1.54, 1.807) is 24.8 Å². The van der Waals surface area contributed by atoms with Crippen LogP contribution < -0.4 is 5.32 Å². The van der Waals surface area contributed by atoms with Crippen molar-refractivity contribution in [3.63, 3.8) is 0 Å². The summed E-state index contributed by atoms with van der Waals surface area (Å²) in [7, 11) is 1.81. The van der Waals surface area contributed by atoms with Crippen LogP contribution in [0.2, 0.25) is 0 Å². The van der Waals surface area contributed by atoms with Gasteiger partial charge in [-0.1, -0.05) is 0 Å². The molecule has 0 aliphatic carbocycles. The van der Waals surface area contributed by atoms with Gasteiger partial charge in [-0.3, -0.25) is 14.8 Å². The van der Waals surface area contributed by atoms with Crippen molar-refractivity contribution in [3.8, 4) is 0 Å². The SMILES string of the molecule is CNc1cncc(C2CCCN2C(=O)Cc2ccncc2)n1. The van der Waals surface area contributed by atoms with Crippen LogP contribution in [-0.2, 0) is 11.2 Å². The van der Waals surface area contributed by atoms with Gasteiger partial charge >= 0.3 is 0 Å². The molecule has 0 aromatic carbocycles. The predicted octanol–water partition coefficient (Wildman–Crippen LogP) is 1.82. The minimum Gasteiger partial charge on any atom is -0.372 e. The zero-order valence-electron chi connectivity index (χ0n) is 12.6. The second-order valence-corrected chi connectivity index (χ2v) is 5.36. The molecule has 114 valence electrons. The van der Waals surface area contributed by atoms with E-state index in [1.165, 1.54) is 0 Å². The lowest BCUT2D eigenvalue weighted by molar-refractivity contribution is -0.131. The van der Waals surface area contributed by atoms with Gasteiger partial charge in [-0.15, -0.1) is 0 Å². The zero-order valence-corrected chi connectivity index (χ0v) is 12.6. The predicted molar refractivity (Wildman–Crippen MR) is 83.2 cm³/mol. The summed E-state index contributed by atoms with van der Waals surface area (Å²) in [5, 5.41) is 2.99. The summed E-state index contributed by atoms with van der Waals surface area (Å²) in [5.74, 6) is 0.858. The fourth-order valence-corrected chi connectivity index (χ4v) is 2.81. The number of carbonyl (C=O) groups excluding carboxylic acids is 1. The molecule has 1 amide bonds. The van der Waals surface area contributed by atoms with Gasteiger partial charge in [-0.2, -0.15) is 0 Å².